The molecule has 2 N–H and O–H groups in total. The first-order valence-electron chi connectivity index (χ1n) is 18.0. The Kier molecular flexibility index (Phi) is 31.1. The zero-order valence-corrected chi connectivity index (χ0v) is 28.7. The van der Waals surface area contributed by atoms with Gasteiger partial charge >= 0.3 is 11.9 Å². The normalized spacial score (nSPS) is 13.4. The molecule has 0 aliphatic rings. The standard InChI is InChI=1S/C38H68O6/c1-4-5-6-7-8-9-10-11-12-15-18-21-24-28-35(40)29-26-31-38(42)44-36(32-39)33-43-37(41)30-25-22-19-16-13-14-17-20-23-27-34(2)3/h11-12,18,21,24,28,34-36,39-40H,4-10,13-17,19-20,22-23,25-27,29-33H2,1-3H3/b12-11+,21-18+,28-24+/t35?,36-/m0/s1. The van der Waals surface area contributed by atoms with E-state index in [4.69, 9.17) is 9.47 Å². The van der Waals surface area contributed by atoms with Gasteiger partial charge in [-0.1, -0.05) is 147 Å². The van der Waals surface area contributed by atoms with E-state index in [0.717, 1.165) is 38.0 Å². The van der Waals surface area contributed by atoms with E-state index in [0.29, 0.717) is 19.3 Å². The number of carbonyl (C=O) groups is 2. The minimum Gasteiger partial charge on any atom is -0.462 e. The van der Waals surface area contributed by atoms with Gasteiger partial charge in [0.1, 0.15) is 6.61 Å². The van der Waals surface area contributed by atoms with E-state index in [1.165, 1.54) is 83.5 Å². The summed E-state index contributed by atoms with van der Waals surface area (Å²) in [5.41, 5.74) is 0. The van der Waals surface area contributed by atoms with Crippen molar-refractivity contribution in [3.8, 4) is 0 Å². The minimum atomic E-state index is -0.859. The van der Waals surface area contributed by atoms with Crippen LogP contribution < -0.4 is 0 Å². The highest BCUT2D eigenvalue weighted by Gasteiger charge is 2.16. The lowest BCUT2D eigenvalue weighted by molar-refractivity contribution is -0.161. The van der Waals surface area contributed by atoms with Crippen molar-refractivity contribution in [1.29, 1.82) is 0 Å². The first kappa shape index (κ1) is 42.1. The van der Waals surface area contributed by atoms with Gasteiger partial charge in [0.25, 0.3) is 0 Å². The summed E-state index contributed by atoms with van der Waals surface area (Å²) < 4.78 is 10.5. The summed E-state index contributed by atoms with van der Waals surface area (Å²) in [6, 6.07) is 0. The number of aliphatic hydroxyl groups excluding tert-OH is 2. The highest BCUT2D eigenvalue weighted by atomic mass is 16.6. The summed E-state index contributed by atoms with van der Waals surface area (Å²) in [4.78, 5) is 24.2. The molecule has 2 atom stereocenters. The van der Waals surface area contributed by atoms with Gasteiger partial charge in [0.05, 0.1) is 12.7 Å². The maximum Gasteiger partial charge on any atom is 0.306 e. The van der Waals surface area contributed by atoms with Gasteiger partial charge in [0.15, 0.2) is 6.10 Å². The molecule has 0 aliphatic carbocycles. The summed E-state index contributed by atoms with van der Waals surface area (Å²) in [6.07, 6.45) is 33.8. The highest BCUT2D eigenvalue weighted by Crippen LogP contribution is 2.14. The van der Waals surface area contributed by atoms with E-state index in [2.05, 4.69) is 39.0 Å². The molecule has 0 aromatic carbocycles. The molecule has 6 heteroatoms. The minimum absolute atomic E-state index is 0.131. The summed E-state index contributed by atoms with van der Waals surface area (Å²) in [5, 5.41) is 19.6. The highest BCUT2D eigenvalue weighted by molar-refractivity contribution is 5.70. The molecule has 256 valence electrons. The molecule has 0 spiro atoms. The second-order valence-electron chi connectivity index (χ2n) is 12.6. The first-order valence-corrected chi connectivity index (χ1v) is 18.0. The van der Waals surface area contributed by atoms with E-state index in [9.17, 15) is 19.8 Å². The largest absolute Gasteiger partial charge is 0.462 e. The van der Waals surface area contributed by atoms with Crippen LogP contribution in [0.25, 0.3) is 0 Å². The maximum atomic E-state index is 12.1. The molecule has 0 aliphatic heterocycles. The topological polar surface area (TPSA) is 93.1 Å². The van der Waals surface area contributed by atoms with Crippen molar-refractivity contribution in [2.45, 2.75) is 174 Å². The second kappa shape index (κ2) is 32.5. The molecule has 0 radical (unpaired) electrons. The van der Waals surface area contributed by atoms with Crippen molar-refractivity contribution in [2.75, 3.05) is 13.2 Å². The van der Waals surface area contributed by atoms with Crippen molar-refractivity contribution >= 4 is 11.9 Å². The van der Waals surface area contributed by atoms with Gasteiger partial charge in [-0.2, -0.15) is 0 Å². The first-order chi connectivity index (χ1) is 21.4. The average molecular weight is 621 g/mol. The summed E-state index contributed by atoms with van der Waals surface area (Å²) in [7, 11) is 0. The predicted molar refractivity (Wildman–Crippen MR) is 183 cm³/mol. The number of unbranched alkanes of at least 4 members (excludes halogenated alkanes) is 14. The molecular formula is C38H68O6. The third-order valence-corrected chi connectivity index (χ3v) is 7.72. The zero-order chi connectivity index (χ0) is 32.5. The van der Waals surface area contributed by atoms with E-state index >= 15 is 0 Å². The van der Waals surface area contributed by atoms with Crippen molar-refractivity contribution in [3.05, 3.63) is 36.5 Å². The Balaban J connectivity index is 3.79. The Morgan fingerprint density at radius 1 is 0.682 bits per heavy atom. The number of rotatable bonds is 31. The molecule has 1 unspecified atom stereocenters. The third kappa shape index (κ3) is 31.5. The Bertz CT molecular complexity index is 742. The van der Waals surface area contributed by atoms with E-state index < -0.39 is 24.8 Å². The summed E-state index contributed by atoms with van der Waals surface area (Å²) in [5.74, 6) is 0.0158. The van der Waals surface area contributed by atoms with Gasteiger partial charge in [-0.15, -0.1) is 0 Å². The molecule has 0 rings (SSSR count). The van der Waals surface area contributed by atoms with Crippen LogP contribution in [0.5, 0.6) is 0 Å². The van der Waals surface area contributed by atoms with E-state index in [-0.39, 0.29) is 19.0 Å². The Morgan fingerprint density at radius 2 is 1.30 bits per heavy atom. The van der Waals surface area contributed by atoms with Crippen LogP contribution in [0, 0.1) is 5.92 Å². The Labute approximate surface area is 270 Å². The molecule has 0 amide bonds. The Morgan fingerprint density at radius 3 is 1.95 bits per heavy atom. The van der Waals surface area contributed by atoms with Gasteiger partial charge in [0, 0.05) is 12.8 Å². The van der Waals surface area contributed by atoms with Crippen molar-refractivity contribution in [2.24, 2.45) is 5.92 Å². The van der Waals surface area contributed by atoms with Crippen LogP contribution in [-0.4, -0.2) is 47.6 Å². The van der Waals surface area contributed by atoms with E-state index in [1.54, 1.807) is 6.08 Å². The molecule has 0 fully saturated rings. The molecule has 0 heterocycles. The van der Waals surface area contributed by atoms with Crippen LogP contribution in [-0.2, 0) is 19.1 Å². The second-order valence-corrected chi connectivity index (χ2v) is 12.6. The summed E-state index contributed by atoms with van der Waals surface area (Å²) >= 11 is 0. The third-order valence-electron chi connectivity index (χ3n) is 7.72. The fourth-order valence-electron chi connectivity index (χ4n) is 4.92. The fraction of sp³-hybridized carbons (Fsp3) is 0.789. The lowest BCUT2D eigenvalue weighted by atomic mass is 10.0. The number of hydrogen-bond acceptors (Lipinski definition) is 6. The summed E-state index contributed by atoms with van der Waals surface area (Å²) in [6.45, 7) is 6.26. The monoisotopic (exact) mass is 621 g/mol. The number of esters is 2. The van der Waals surface area contributed by atoms with Gasteiger partial charge < -0.3 is 19.7 Å². The fourth-order valence-corrected chi connectivity index (χ4v) is 4.92. The van der Waals surface area contributed by atoms with Crippen LogP contribution in [0.15, 0.2) is 36.5 Å². The number of aliphatic hydroxyl groups is 2. The molecule has 0 bridgehead atoms. The number of ether oxygens (including phenoxy) is 2. The van der Waals surface area contributed by atoms with Crippen molar-refractivity contribution in [3.63, 3.8) is 0 Å². The van der Waals surface area contributed by atoms with Gasteiger partial charge in [-0.3, -0.25) is 9.59 Å². The van der Waals surface area contributed by atoms with Gasteiger partial charge in [0.2, 0.25) is 0 Å². The van der Waals surface area contributed by atoms with Crippen LogP contribution >= 0.6 is 0 Å². The van der Waals surface area contributed by atoms with Crippen molar-refractivity contribution < 1.29 is 29.3 Å². The SMILES string of the molecule is CCCCCCCC/C=C/C/C=C/C=C/C(O)CCCC(=O)O[C@@H](CO)COC(=O)CCCCCCCCCCCC(C)C. The molecular weight excluding hydrogens is 552 g/mol. The smallest absolute Gasteiger partial charge is 0.306 e. The van der Waals surface area contributed by atoms with Crippen molar-refractivity contribution in [1.82, 2.24) is 0 Å². The van der Waals surface area contributed by atoms with E-state index in [1.807, 2.05) is 12.2 Å². The van der Waals surface area contributed by atoms with Crippen LogP contribution in [0.3, 0.4) is 0 Å². The predicted octanol–water partition coefficient (Wildman–Crippen LogP) is 9.72. The lowest BCUT2D eigenvalue weighted by Gasteiger charge is -2.16. The van der Waals surface area contributed by atoms with Gasteiger partial charge in [-0.05, 0) is 44.4 Å². The Hall–Kier alpha value is -1.92. The molecule has 0 saturated heterocycles. The molecule has 0 aromatic heterocycles. The average Bonchev–Trinajstić information content (AvgIpc) is 3.00. The number of allylic oxidation sites excluding steroid dienone is 5. The molecule has 6 nitrogen and oxygen atoms in total. The van der Waals surface area contributed by atoms with Gasteiger partial charge in [-0.25, -0.2) is 0 Å². The number of hydrogen-bond donors (Lipinski definition) is 2. The lowest BCUT2D eigenvalue weighted by Crippen LogP contribution is -2.28. The molecule has 0 aromatic rings. The van der Waals surface area contributed by atoms with Crippen LogP contribution in [0.1, 0.15) is 162 Å². The molecule has 44 heavy (non-hydrogen) atoms. The zero-order valence-electron chi connectivity index (χ0n) is 28.7. The van der Waals surface area contributed by atoms with Crippen LogP contribution in [0.4, 0.5) is 0 Å². The molecule has 0 saturated carbocycles. The maximum absolute atomic E-state index is 12.1. The quantitative estimate of drug-likeness (QED) is 0.0347. The van der Waals surface area contributed by atoms with Crippen LogP contribution in [0.2, 0.25) is 0 Å². The number of carbonyl (C=O) groups excluding carboxylic acids is 2.